The van der Waals surface area contributed by atoms with Gasteiger partial charge >= 0.3 is 0 Å². The van der Waals surface area contributed by atoms with Crippen molar-refractivity contribution in [3.05, 3.63) is 29.8 Å². The molecule has 1 aromatic carbocycles. The Morgan fingerprint density at radius 3 is 2.70 bits per heavy atom. The standard InChI is InChI=1S/C18H28N4O/c1-16-4-2-5-17(14-16)21-10-12-22(13-11-21)18(23)15-20-8-3-6-19-7-9-20/h2,4-5,14,19H,3,6-13,15H2,1H3. The first kappa shape index (κ1) is 16.3. The number of anilines is 1. The molecule has 126 valence electrons. The molecule has 0 saturated carbocycles. The van der Waals surface area contributed by atoms with Crippen molar-refractivity contribution in [3.8, 4) is 0 Å². The van der Waals surface area contributed by atoms with Gasteiger partial charge in [0.2, 0.25) is 5.91 Å². The van der Waals surface area contributed by atoms with Gasteiger partial charge in [0.15, 0.2) is 0 Å². The summed E-state index contributed by atoms with van der Waals surface area (Å²) in [6.45, 7) is 10.3. The van der Waals surface area contributed by atoms with Crippen LogP contribution >= 0.6 is 0 Å². The quantitative estimate of drug-likeness (QED) is 0.901. The molecule has 2 heterocycles. The van der Waals surface area contributed by atoms with Crippen LogP contribution in [-0.2, 0) is 4.79 Å². The topological polar surface area (TPSA) is 38.8 Å². The Morgan fingerprint density at radius 2 is 1.91 bits per heavy atom. The Bertz CT molecular complexity index is 518. The summed E-state index contributed by atoms with van der Waals surface area (Å²) in [5.74, 6) is 0.288. The summed E-state index contributed by atoms with van der Waals surface area (Å²) < 4.78 is 0. The van der Waals surface area contributed by atoms with Gasteiger partial charge in [-0.25, -0.2) is 0 Å². The van der Waals surface area contributed by atoms with Crippen LogP contribution in [0.2, 0.25) is 0 Å². The number of piperazine rings is 1. The van der Waals surface area contributed by atoms with Crippen LogP contribution in [0.3, 0.4) is 0 Å². The molecule has 0 unspecified atom stereocenters. The third-order valence-electron chi connectivity index (χ3n) is 4.79. The van der Waals surface area contributed by atoms with E-state index >= 15 is 0 Å². The van der Waals surface area contributed by atoms with Gasteiger partial charge in [-0.3, -0.25) is 9.69 Å². The lowest BCUT2D eigenvalue weighted by atomic mass is 10.2. The van der Waals surface area contributed by atoms with Gasteiger partial charge < -0.3 is 15.1 Å². The summed E-state index contributed by atoms with van der Waals surface area (Å²) in [4.78, 5) is 19.2. The predicted octanol–water partition coefficient (Wildman–Crippen LogP) is 0.939. The van der Waals surface area contributed by atoms with Gasteiger partial charge in [0.1, 0.15) is 0 Å². The normalized spacial score (nSPS) is 20.4. The Kier molecular flexibility index (Phi) is 5.51. The molecule has 0 spiro atoms. The Balaban J connectivity index is 1.49. The van der Waals surface area contributed by atoms with E-state index in [1.54, 1.807) is 0 Å². The molecule has 0 radical (unpaired) electrons. The van der Waals surface area contributed by atoms with E-state index in [1.807, 2.05) is 4.90 Å². The second kappa shape index (κ2) is 7.79. The van der Waals surface area contributed by atoms with E-state index in [2.05, 4.69) is 46.3 Å². The van der Waals surface area contributed by atoms with Crippen LogP contribution in [0.25, 0.3) is 0 Å². The fourth-order valence-corrected chi connectivity index (χ4v) is 3.39. The number of carbonyl (C=O) groups excluding carboxylic acids is 1. The molecule has 2 aliphatic heterocycles. The number of nitrogens with zero attached hydrogens (tertiary/aromatic N) is 3. The van der Waals surface area contributed by atoms with Crippen molar-refractivity contribution in [1.29, 1.82) is 0 Å². The summed E-state index contributed by atoms with van der Waals surface area (Å²) >= 11 is 0. The molecule has 0 aromatic heterocycles. The fraction of sp³-hybridized carbons (Fsp3) is 0.611. The van der Waals surface area contributed by atoms with Crippen LogP contribution in [0.1, 0.15) is 12.0 Å². The number of hydrogen-bond acceptors (Lipinski definition) is 4. The van der Waals surface area contributed by atoms with Gasteiger partial charge in [-0.2, -0.15) is 0 Å². The van der Waals surface area contributed by atoms with Crippen molar-refractivity contribution in [2.75, 3.05) is 63.8 Å². The lowest BCUT2D eigenvalue weighted by Gasteiger charge is -2.37. The van der Waals surface area contributed by atoms with Crippen molar-refractivity contribution in [1.82, 2.24) is 15.1 Å². The summed E-state index contributed by atoms with van der Waals surface area (Å²) in [7, 11) is 0. The Labute approximate surface area is 139 Å². The molecule has 2 aliphatic rings. The van der Waals surface area contributed by atoms with E-state index in [0.29, 0.717) is 6.54 Å². The summed E-state index contributed by atoms with van der Waals surface area (Å²) in [6, 6.07) is 8.62. The fourth-order valence-electron chi connectivity index (χ4n) is 3.39. The monoisotopic (exact) mass is 316 g/mol. The van der Waals surface area contributed by atoms with E-state index in [1.165, 1.54) is 11.3 Å². The summed E-state index contributed by atoms with van der Waals surface area (Å²) in [5, 5.41) is 3.39. The van der Waals surface area contributed by atoms with E-state index in [9.17, 15) is 4.79 Å². The largest absolute Gasteiger partial charge is 0.368 e. The average Bonchev–Trinajstić information content (AvgIpc) is 2.84. The second-order valence-corrected chi connectivity index (χ2v) is 6.59. The molecule has 3 rings (SSSR count). The minimum Gasteiger partial charge on any atom is -0.368 e. The first-order chi connectivity index (χ1) is 11.2. The lowest BCUT2D eigenvalue weighted by molar-refractivity contribution is -0.132. The van der Waals surface area contributed by atoms with E-state index < -0.39 is 0 Å². The van der Waals surface area contributed by atoms with E-state index in [-0.39, 0.29) is 5.91 Å². The molecule has 2 fully saturated rings. The Morgan fingerprint density at radius 1 is 1.09 bits per heavy atom. The van der Waals surface area contributed by atoms with Gasteiger partial charge in [0.25, 0.3) is 0 Å². The van der Waals surface area contributed by atoms with Gasteiger partial charge in [-0.15, -0.1) is 0 Å². The highest BCUT2D eigenvalue weighted by atomic mass is 16.2. The molecule has 23 heavy (non-hydrogen) atoms. The first-order valence-electron chi connectivity index (χ1n) is 8.75. The SMILES string of the molecule is Cc1cccc(N2CCN(C(=O)CN3CCCNCC3)CC2)c1. The molecule has 0 bridgehead atoms. The number of nitrogens with one attached hydrogen (secondary N) is 1. The van der Waals surface area contributed by atoms with Crippen molar-refractivity contribution < 1.29 is 4.79 Å². The molecule has 2 saturated heterocycles. The molecular formula is C18H28N4O. The molecule has 5 nitrogen and oxygen atoms in total. The first-order valence-corrected chi connectivity index (χ1v) is 8.75. The van der Waals surface area contributed by atoms with Crippen LogP contribution in [0, 0.1) is 6.92 Å². The van der Waals surface area contributed by atoms with Gasteiger partial charge in [-0.05, 0) is 44.1 Å². The molecule has 0 atom stereocenters. The third kappa shape index (κ3) is 4.45. The number of rotatable bonds is 3. The third-order valence-corrected chi connectivity index (χ3v) is 4.79. The molecule has 1 N–H and O–H groups in total. The average molecular weight is 316 g/mol. The lowest BCUT2D eigenvalue weighted by Crippen LogP contribution is -2.51. The van der Waals surface area contributed by atoms with Crippen molar-refractivity contribution in [3.63, 3.8) is 0 Å². The van der Waals surface area contributed by atoms with Crippen LogP contribution in [-0.4, -0.2) is 74.6 Å². The smallest absolute Gasteiger partial charge is 0.236 e. The van der Waals surface area contributed by atoms with Crippen LogP contribution in [0.15, 0.2) is 24.3 Å². The predicted molar refractivity (Wildman–Crippen MR) is 93.9 cm³/mol. The molecule has 1 amide bonds. The van der Waals surface area contributed by atoms with Crippen LogP contribution in [0.5, 0.6) is 0 Å². The molecular weight excluding hydrogens is 288 g/mol. The van der Waals surface area contributed by atoms with Gasteiger partial charge in [-0.1, -0.05) is 12.1 Å². The minimum atomic E-state index is 0.288. The zero-order chi connectivity index (χ0) is 16.1. The Hall–Kier alpha value is -1.59. The number of amides is 1. The van der Waals surface area contributed by atoms with Crippen molar-refractivity contribution in [2.45, 2.75) is 13.3 Å². The molecule has 5 heteroatoms. The summed E-state index contributed by atoms with van der Waals surface area (Å²) in [5.41, 5.74) is 2.56. The minimum absolute atomic E-state index is 0.288. The zero-order valence-corrected chi connectivity index (χ0v) is 14.1. The molecule has 0 aliphatic carbocycles. The van der Waals surface area contributed by atoms with Crippen LogP contribution in [0.4, 0.5) is 5.69 Å². The highest BCUT2D eigenvalue weighted by Crippen LogP contribution is 2.17. The maximum atomic E-state index is 12.5. The van der Waals surface area contributed by atoms with Gasteiger partial charge in [0.05, 0.1) is 6.54 Å². The number of carbonyl (C=O) groups is 1. The van der Waals surface area contributed by atoms with Crippen LogP contribution < -0.4 is 10.2 Å². The zero-order valence-electron chi connectivity index (χ0n) is 14.1. The highest BCUT2D eigenvalue weighted by molar-refractivity contribution is 5.78. The highest BCUT2D eigenvalue weighted by Gasteiger charge is 2.23. The van der Waals surface area contributed by atoms with Crippen molar-refractivity contribution in [2.24, 2.45) is 0 Å². The molecule has 1 aromatic rings. The second-order valence-electron chi connectivity index (χ2n) is 6.59. The van der Waals surface area contributed by atoms with E-state index in [0.717, 1.165) is 58.8 Å². The van der Waals surface area contributed by atoms with Crippen molar-refractivity contribution >= 4 is 11.6 Å². The maximum Gasteiger partial charge on any atom is 0.236 e. The van der Waals surface area contributed by atoms with E-state index in [4.69, 9.17) is 0 Å². The number of hydrogen-bond donors (Lipinski definition) is 1. The summed E-state index contributed by atoms with van der Waals surface area (Å²) in [6.07, 6.45) is 1.13. The van der Waals surface area contributed by atoms with Gasteiger partial charge in [0, 0.05) is 45.0 Å². The number of benzene rings is 1. The number of aryl methyl sites for hydroxylation is 1. The maximum absolute atomic E-state index is 12.5.